The van der Waals surface area contributed by atoms with Crippen LogP contribution in [0.1, 0.15) is 24.9 Å². The van der Waals surface area contributed by atoms with E-state index in [1.54, 1.807) is 11.8 Å². The summed E-state index contributed by atoms with van der Waals surface area (Å²) in [5.41, 5.74) is 3.72. The van der Waals surface area contributed by atoms with Crippen LogP contribution in [0.5, 0.6) is 5.75 Å². The molecule has 1 atom stereocenters. The minimum Gasteiger partial charge on any atom is -0.484 e. The van der Waals surface area contributed by atoms with E-state index in [1.165, 1.54) is 0 Å². The fourth-order valence-electron chi connectivity index (χ4n) is 4.44. The molecule has 8 heteroatoms. The van der Waals surface area contributed by atoms with Crippen molar-refractivity contribution in [2.24, 2.45) is 4.99 Å². The van der Waals surface area contributed by atoms with Gasteiger partial charge in [0.1, 0.15) is 5.75 Å². The zero-order chi connectivity index (χ0) is 25.6. The summed E-state index contributed by atoms with van der Waals surface area (Å²) in [6.45, 7) is 2.64. The number of thioether (sulfide) groups is 1. The molecule has 3 aromatic rings. The van der Waals surface area contributed by atoms with E-state index >= 15 is 0 Å². The van der Waals surface area contributed by atoms with Gasteiger partial charge in [0.15, 0.2) is 11.8 Å². The summed E-state index contributed by atoms with van der Waals surface area (Å²) >= 11 is 1.72. The highest BCUT2D eigenvalue weighted by molar-refractivity contribution is 8.13. The molecule has 37 heavy (non-hydrogen) atoms. The number of amidine groups is 1. The molecule has 0 spiro atoms. The number of carbonyl (C=O) groups is 2. The molecule has 0 bridgehead atoms. The Labute approximate surface area is 220 Å². The monoisotopic (exact) mass is 512 g/mol. The number of ether oxygens (including phenoxy) is 1. The maximum absolute atomic E-state index is 13.5. The molecule has 0 aromatic heterocycles. The summed E-state index contributed by atoms with van der Waals surface area (Å²) < 4.78 is 5.53. The van der Waals surface area contributed by atoms with E-state index < -0.39 is 0 Å². The lowest BCUT2D eigenvalue weighted by Crippen LogP contribution is -2.43. The first-order chi connectivity index (χ1) is 18.1. The van der Waals surface area contributed by atoms with Crippen molar-refractivity contribution < 1.29 is 14.3 Å². The van der Waals surface area contributed by atoms with Gasteiger partial charge in [-0.3, -0.25) is 9.59 Å². The zero-order valence-electron chi connectivity index (χ0n) is 20.5. The summed E-state index contributed by atoms with van der Waals surface area (Å²) in [7, 11) is 0. The van der Waals surface area contributed by atoms with Gasteiger partial charge in [0.25, 0.3) is 11.8 Å². The molecule has 3 aromatic carbocycles. The highest BCUT2D eigenvalue weighted by Crippen LogP contribution is 2.40. The Kier molecular flexibility index (Phi) is 7.56. The number of hydrogen-bond acceptors (Lipinski definition) is 6. The van der Waals surface area contributed by atoms with Crippen LogP contribution in [0.4, 0.5) is 11.4 Å². The van der Waals surface area contributed by atoms with E-state index in [0.717, 1.165) is 40.8 Å². The van der Waals surface area contributed by atoms with Crippen LogP contribution in [-0.2, 0) is 9.59 Å². The third kappa shape index (κ3) is 5.86. The standard InChI is InChI=1S/C29H28N4O3S/c1-20-26(28(35)32-22-9-4-2-5-10-22)27(33-17-8-18-37-29(33)30-20)21-13-15-23(16-14-21)31-25(34)19-36-24-11-6-3-7-12-24/h2-7,9-16,27H,8,17-19H2,1H3,(H,31,34)(H,32,35). The first kappa shape index (κ1) is 24.6. The van der Waals surface area contributed by atoms with Crippen LogP contribution in [0.15, 0.2) is 101 Å². The molecule has 0 saturated carbocycles. The molecule has 2 aliphatic heterocycles. The Bertz CT molecular complexity index is 1320. The summed E-state index contributed by atoms with van der Waals surface area (Å²) in [6, 6.07) is 26.1. The number of benzene rings is 3. The SMILES string of the molecule is CC1=C(C(=O)Nc2ccccc2)C(c2ccc(NC(=O)COc3ccccc3)cc2)N2CCCSC2=N1. The second kappa shape index (κ2) is 11.3. The minimum atomic E-state index is -0.268. The van der Waals surface area contributed by atoms with Gasteiger partial charge in [-0.1, -0.05) is 60.3 Å². The molecular formula is C29H28N4O3S. The second-order valence-electron chi connectivity index (χ2n) is 8.78. The number of para-hydroxylation sites is 2. The van der Waals surface area contributed by atoms with Crippen LogP contribution in [0, 0.1) is 0 Å². The summed E-state index contributed by atoms with van der Waals surface area (Å²) in [6.07, 6.45) is 1.02. The van der Waals surface area contributed by atoms with E-state index in [2.05, 4.69) is 15.5 Å². The van der Waals surface area contributed by atoms with Gasteiger partial charge in [-0.15, -0.1) is 0 Å². The van der Waals surface area contributed by atoms with E-state index in [4.69, 9.17) is 9.73 Å². The third-order valence-corrected chi connectivity index (χ3v) is 7.23. The minimum absolute atomic E-state index is 0.0784. The molecule has 2 amide bonds. The largest absolute Gasteiger partial charge is 0.484 e. The number of hydrogen-bond donors (Lipinski definition) is 2. The number of rotatable bonds is 7. The molecule has 1 saturated heterocycles. The van der Waals surface area contributed by atoms with Gasteiger partial charge in [0.05, 0.1) is 17.3 Å². The number of fused-ring (bicyclic) bond motifs is 1. The lowest BCUT2D eigenvalue weighted by atomic mass is 9.93. The Hall–Kier alpha value is -4.04. The maximum Gasteiger partial charge on any atom is 0.262 e. The third-order valence-electron chi connectivity index (χ3n) is 6.16. The van der Waals surface area contributed by atoms with Crippen molar-refractivity contribution in [2.75, 3.05) is 29.5 Å². The summed E-state index contributed by atoms with van der Waals surface area (Å²) in [4.78, 5) is 32.9. The first-order valence-electron chi connectivity index (χ1n) is 12.2. The molecule has 5 rings (SSSR count). The predicted molar refractivity (Wildman–Crippen MR) is 149 cm³/mol. The Balaban J connectivity index is 1.35. The molecule has 0 radical (unpaired) electrons. The Morgan fingerprint density at radius 1 is 0.946 bits per heavy atom. The molecule has 2 aliphatic rings. The molecule has 2 heterocycles. The molecule has 188 valence electrons. The van der Waals surface area contributed by atoms with Crippen LogP contribution >= 0.6 is 11.8 Å². The van der Waals surface area contributed by atoms with Gasteiger partial charge in [0.2, 0.25) is 0 Å². The van der Waals surface area contributed by atoms with E-state index in [1.807, 2.05) is 91.9 Å². The molecule has 7 nitrogen and oxygen atoms in total. The lowest BCUT2D eigenvalue weighted by molar-refractivity contribution is -0.118. The molecule has 1 fully saturated rings. The van der Waals surface area contributed by atoms with Crippen LogP contribution in [-0.4, -0.2) is 40.8 Å². The van der Waals surface area contributed by atoms with Gasteiger partial charge >= 0.3 is 0 Å². The van der Waals surface area contributed by atoms with Crippen LogP contribution < -0.4 is 15.4 Å². The predicted octanol–water partition coefficient (Wildman–Crippen LogP) is 5.47. The number of nitrogens with zero attached hydrogens (tertiary/aromatic N) is 2. The van der Waals surface area contributed by atoms with E-state index in [9.17, 15) is 9.59 Å². The fourth-order valence-corrected chi connectivity index (χ4v) is 5.46. The molecule has 1 unspecified atom stereocenters. The van der Waals surface area contributed by atoms with Crippen molar-refractivity contribution in [2.45, 2.75) is 19.4 Å². The number of nitrogens with one attached hydrogen (secondary N) is 2. The molecule has 2 N–H and O–H groups in total. The average Bonchev–Trinajstić information content (AvgIpc) is 2.93. The summed E-state index contributed by atoms with van der Waals surface area (Å²) in [5, 5.41) is 6.85. The lowest BCUT2D eigenvalue weighted by Gasteiger charge is -2.40. The number of carbonyl (C=O) groups excluding carboxylic acids is 2. The number of anilines is 2. The van der Waals surface area contributed by atoms with Gasteiger partial charge in [0, 0.05) is 23.7 Å². The quantitative estimate of drug-likeness (QED) is 0.439. The number of aliphatic imine (C=N–C) groups is 1. The number of allylic oxidation sites excluding steroid dienone is 1. The fraction of sp³-hybridized carbons (Fsp3) is 0.207. The van der Waals surface area contributed by atoms with Crippen molar-refractivity contribution >= 4 is 40.1 Å². The van der Waals surface area contributed by atoms with Gasteiger partial charge < -0.3 is 20.3 Å². The Morgan fingerprint density at radius 3 is 2.35 bits per heavy atom. The Morgan fingerprint density at radius 2 is 1.62 bits per heavy atom. The molecule has 0 aliphatic carbocycles. The second-order valence-corrected chi connectivity index (χ2v) is 9.85. The highest BCUT2D eigenvalue weighted by Gasteiger charge is 2.37. The van der Waals surface area contributed by atoms with Crippen LogP contribution in [0.25, 0.3) is 0 Å². The highest BCUT2D eigenvalue weighted by atomic mass is 32.2. The smallest absolute Gasteiger partial charge is 0.262 e. The van der Waals surface area contributed by atoms with Gasteiger partial charge in [-0.05, 0) is 55.3 Å². The normalized spacial score (nSPS) is 16.9. The van der Waals surface area contributed by atoms with Crippen molar-refractivity contribution in [3.05, 3.63) is 102 Å². The topological polar surface area (TPSA) is 83.0 Å². The molecular weight excluding hydrogens is 484 g/mol. The zero-order valence-corrected chi connectivity index (χ0v) is 21.3. The summed E-state index contributed by atoms with van der Waals surface area (Å²) in [5.74, 6) is 1.25. The van der Waals surface area contributed by atoms with Gasteiger partial charge in [-0.25, -0.2) is 4.99 Å². The van der Waals surface area contributed by atoms with E-state index in [-0.39, 0.29) is 24.5 Å². The van der Waals surface area contributed by atoms with Crippen molar-refractivity contribution in [3.8, 4) is 5.75 Å². The first-order valence-corrected chi connectivity index (χ1v) is 13.2. The van der Waals surface area contributed by atoms with Crippen molar-refractivity contribution in [3.63, 3.8) is 0 Å². The average molecular weight is 513 g/mol. The van der Waals surface area contributed by atoms with Gasteiger partial charge in [-0.2, -0.15) is 0 Å². The number of amides is 2. The van der Waals surface area contributed by atoms with Crippen LogP contribution in [0.3, 0.4) is 0 Å². The van der Waals surface area contributed by atoms with E-state index in [0.29, 0.717) is 17.0 Å². The van der Waals surface area contributed by atoms with Crippen molar-refractivity contribution in [1.82, 2.24) is 4.90 Å². The maximum atomic E-state index is 13.5. The van der Waals surface area contributed by atoms with Crippen molar-refractivity contribution in [1.29, 1.82) is 0 Å². The van der Waals surface area contributed by atoms with Crippen LogP contribution in [0.2, 0.25) is 0 Å².